The Bertz CT molecular complexity index is 625. The molecule has 0 bridgehead atoms. The first-order chi connectivity index (χ1) is 12.3. The predicted octanol–water partition coefficient (Wildman–Crippen LogP) is 4.05. The van der Waals surface area contributed by atoms with Crippen molar-refractivity contribution in [3.63, 3.8) is 0 Å². The van der Waals surface area contributed by atoms with Gasteiger partial charge in [0.1, 0.15) is 5.01 Å². The van der Waals surface area contributed by atoms with E-state index in [0.29, 0.717) is 0 Å². The van der Waals surface area contributed by atoms with Crippen molar-refractivity contribution in [2.24, 2.45) is 4.99 Å². The van der Waals surface area contributed by atoms with Crippen LogP contribution in [0.3, 0.4) is 0 Å². The lowest BCUT2D eigenvalue weighted by molar-refractivity contribution is 0.767. The molecule has 1 aromatic carbocycles. The number of unbranched alkanes of at least 4 members (excludes halogenated alkanes) is 1. The van der Waals surface area contributed by atoms with Crippen LogP contribution in [-0.2, 0) is 6.42 Å². The van der Waals surface area contributed by atoms with E-state index in [1.54, 1.807) is 11.3 Å². The van der Waals surface area contributed by atoms with Crippen molar-refractivity contribution in [2.75, 3.05) is 31.6 Å². The minimum absolute atomic E-state index is 0.842. The molecular weight excluding hydrogens is 348 g/mol. The summed E-state index contributed by atoms with van der Waals surface area (Å²) in [5.41, 5.74) is 2.32. The third kappa shape index (κ3) is 7.48. The van der Waals surface area contributed by atoms with Crippen molar-refractivity contribution >= 4 is 29.1 Å². The standard InChI is InChI=1S/C19H28N4S2/c1-3-20-19(21-12-7-8-14-24-2)22-13-11-17-15-25-18(23-17)16-9-5-4-6-10-16/h4-6,9-10,15H,3,7-8,11-14H2,1-2H3,(H2,20,21,22). The highest BCUT2D eigenvalue weighted by atomic mass is 32.2. The van der Waals surface area contributed by atoms with Gasteiger partial charge in [-0.3, -0.25) is 4.99 Å². The molecule has 0 amide bonds. The zero-order valence-electron chi connectivity index (χ0n) is 15.1. The van der Waals surface area contributed by atoms with Crippen LogP contribution in [0.5, 0.6) is 0 Å². The topological polar surface area (TPSA) is 49.3 Å². The number of hydrogen-bond acceptors (Lipinski definition) is 4. The first-order valence-corrected chi connectivity index (χ1v) is 11.1. The van der Waals surface area contributed by atoms with Gasteiger partial charge in [-0.15, -0.1) is 11.3 Å². The summed E-state index contributed by atoms with van der Waals surface area (Å²) in [6, 6.07) is 10.3. The molecule has 2 rings (SSSR count). The van der Waals surface area contributed by atoms with Crippen molar-refractivity contribution < 1.29 is 0 Å². The normalized spacial score (nSPS) is 11.5. The molecule has 0 fully saturated rings. The van der Waals surface area contributed by atoms with Gasteiger partial charge in [0.15, 0.2) is 5.96 Å². The van der Waals surface area contributed by atoms with E-state index >= 15 is 0 Å². The largest absolute Gasteiger partial charge is 0.357 e. The maximum atomic E-state index is 4.74. The van der Waals surface area contributed by atoms with Gasteiger partial charge in [-0.2, -0.15) is 11.8 Å². The van der Waals surface area contributed by atoms with Crippen molar-refractivity contribution in [3.8, 4) is 10.6 Å². The summed E-state index contributed by atoms with van der Waals surface area (Å²) in [5.74, 6) is 2.12. The molecule has 0 aliphatic rings. The number of benzene rings is 1. The van der Waals surface area contributed by atoms with Crippen molar-refractivity contribution in [1.82, 2.24) is 15.6 Å². The van der Waals surface area contributed by atoms with Gasteiger partial charge in [-0.25, -0.2) is 4.98 Å². The number of rotatable bonds is 10. The molecule has 25 heavy (non-hydrogen) atoms. The molecule has 0 unspecified atom stereocenters. The van der Waals surface area contributed by atoms with Gasteiger partial charge in [0, 0.05) is 37.0 Å². The van der Waals surface area contributed by atoms with Gasteiger partial charge < -0.3 is 10.6 Å². The molecular formula is C19H28N4S2. The van der Waals surface area contributed by atoms with Crippen molar-refractivity contribution in [3.05, 3.63) is 41.4 Å². The number of thiazole rings is 1. The highest BCUT2D eigenvalue weighted by Gasteiger charge is 2.04. The fourth-order valence-electron chi connectivity index (χ4n) is 2.33. The Hall–Kier alpha value is -1.53. The lowest BCUT2D eigenvalue weighted by Gasteiger charge is -2.10. The van der Waals surface area contributed by atoms with E-state index in [1.807, 2.05) is 17.8 Å². The number of nitrogens with one attached hydrogen (secondary N) is 2. The fraction of sp³-hybridized carbons (Fsp3) is 0.474. The van der Waals surface area contributed by atoms with E-state index < -0.39 is 0 Å². The van der Waals surface area contributed by atoms with Crippen LogP contribution in [0.1, 0.15) is 25.5 Å². The molecule has 0 saturated heterocycles. The molecule has 6 heteroatoms. The SMILES string of the molecule is CCNC(=NCCCCSC)NCCc1csc(-c2ccccc2)n1. The average molecular weight is 377 g/mol. The number of aliphatic imine (C=N–C) groups is 1. The van der Waals surface area contributed by atoms with Crippen LogP contribution in [-0.4, -0.2) is 42.6 Å². The van der Waals surface area contributed by atoms with Crippen molar-refractivity contribution in [1.29, 1.82) is 0 Å². The number of thioether (sulfide) groups is 1. The van der Waals surface area contributed by atoms with Gasteiger partial charge in [-0.05, 0) is 31.8 Å². The van der Waals surface area contributed by atoms with Crippen LogP contribution in [0, 0.1) is 0 Å². The summed E-state index contributed by atoms with van der Waals surface area (Å²) in [5, 5.41) is 9.95. The first kappa shape index (κ1) is 19.8. The minimum atomic E-state index is 0.842. The number of hydrogen-bond donors (Lipinski definition) is 2. The first-order valence-electron chi connectivity index (χ1n) is 8.84. The van der Waals surface area contributed by atoms with Gasteiger partial charge >= 0.3 is 0 Å². The molecule has 0 aliphatic heterocycles. The Morgan fingerprint density at radius 2 is 2.04 bits per heavy atom. The Kier molecular flexibility index (Phi) is 9.44. The summed E-state index contributed by atoms with van der Waals surface area (Å²) >= 11 is 3.60. The molecule has 0 spiro atoms. The van der Waals surface area contributed by atoms with Crippen LogP contribution in [0.4, 0.5) is 0 Å². The Morgan fingerprint density at radius 1 is 1.20 bits per heavy atom. The third-order valence-electron chi connectivity index (χ3n) is 3.62. The summed E-state index contributed by atoms with van der Waals surface area (Å²) in [6.07, 6.45) is 5.42. The van der Waals surface area contributed by atoms with E-state index in [1.165, 1.54) is 17.7 Å². The zero-order chi connectivity index (χ0) is 17.7. The smallest absolute Gasteiger partial charge is 0.191 e. The monoisotopic (exact) mass is 376 g/mol. The Labute approximate surface area is 159 Å². The highest BCUT2D eigenvalue weighted by Crippen LogP contribution is 2.23. The second-order valence-electron chi connectivity index (χ2n) is 5.65. The summed E-state index contributed by atoms with van der Waals surface area (Å²) in [4.78, 5) is 9.37. The number of nitrogens with zero attached hydrogens (tertiary/aromatic N) is 2. The second kappa shape index (κ2) is 11.9. The van der Waals surface area contributed by atoms with Gasteiger partial charge in [0.25, 0.3) is 0 Å². The number of guanidine groups is 1. The second-order valence-corrected chi connectivity index (χ2v) is 7.49. The molecule has 2 aromatic rings. The predicted molar refractivity (Wildman–Crippen MR) is 113 cm³/mol. The van der Waals surface area contributed by atoms with Gasteiger partial charge in [-0.1, -0.05) is 30.3 Å². The molecule has 0 aliphatic carbocycles. The molecule has 0 saturated carbocycles. The van der Waals surface area contributed by atoms with E-state index in [9.17, 15) is 0 Å². The van der Waals surface area contributed by atoms with Gasteiger partial charge in [0.2, 0.25) is 0 Å². The summed E-state index contributed by atoms with van der Waals surface area (Å²) in [7, 11) is 0. The van der Waals surface area contributed by atoms with Crippen LogP contribution >= 0.6 is 23.1 Å². The molecule has 4 nitrogen and oxygen atoms in total. The molecule has 2 N–H and O–H groups in total. The lowest BCUT2D eigenvalue weighted by Crippen LogP contribution is -2.38. The van der Waals surface area contributed by atoms with Gasteiger partial charge in [0.05, 0.1) is 5.69 Å². The van der Waals surface area contributed by atoms with E-state index in [2.05, 4.69) is 58.5 Å². The highest BCUT2D eigenvalue weighted by molar-refractivity contribution is 7.98. The fourth-order valence-corrected chi connectivity index (χ4v) is 3.69. The van der Waals surface area contributed by atoms with Crippen LogP contribution in [0.15, 0.2) is 40.7 Å². The summed E-state index contributed by atoms with van der Waals surface area (Å²) < 4.78 is 0. The zero-order valence-corrected chi connectivity index (χ0v) is 16.8. The minimum Gasteiger partial charge on any atom is -0.357 e. The van der Waals surface area contributed by atoms with Crippen LogP contribution in [0.2, 0.25) is 0 Å². The van der Waals surface area contributed by atoms with E-state index in [0.717, 1.165) is 49.1 Å². The van der Waals surface area contributed by atoms with E-state index in [4.69, 9.17) is 4.98 Å². The maximum absolute atomic E-state index is 4.74. The molecule has 0 atom stereocenters. The lowest BCUT2D eigenvalue weighted by atomic mass is 10.2. The third-order valence-corrected chi connectivity index (χ3v) is 5.25. The molecule has 136 valence electrons. The molecule has 1 heterocycles. The van der Waals surface area contributed by atoms with Crippen LogP contribution in [0.25, 0.3) is 10.6 Å². The maximum Gasteiger partial charge on any atom is 0.191 e. The Morgan fingerprint density at radius 3 is 2.80 bits per heavy atom. The summed E-state index contributed by atoms with van der Waals surface area (Å²) in [6.45, 7) is 4.70. The molecule has 1 aromatic heterocycles. The molecule has 0 radical (unpaired) electrons. The number of aromatic nitrogens is 1. The van der Waals surface area contributed by atoms with E-state index in [-0.39, 0.29) is 0 Å². The van der Waals surface area contributed by atoms with Crippen molar-refractivity contribution in [2.45, 2.75) is 26.2 Å². The Balaban J connectivity index is 1.77. The van der Waals surface area contributed by atoms with Crippen LogP contribution < -0.4 is 10.6 Å². The quantitative estimate of drug-likeness (QED) is 0.373. The average Bonchev–Trinajstić information content (AvgIpc) is 3.11.